The van der Waals surface area contributed by atoms with Crippen LogP contribution < -0.4 is 21.3 Å². The van der Waals surface area contributed by atoms with Crippen LogP contribution in [0.25, 0.3) is 0 Å². The van der Waals surface area contributed by atoms with Crippen molar-refractivity contribution in [2.24, 2.45) is 5.92 Å². The number of amides is 6. The average molecular weight is 683 g/mol. The van der Waals surface area contributed by atoms with Crippen molar-refractivity contribution < 1.29 is 38.2 Å². The van der Waals surface area contributed by atoms with Crippen molar-refractivity contribution in [1.29, 1.82) is 0 Å². The summed E-state index contributed by atoms with van der Waals surface area (Å²) in [6.45, 7) is 5.10. The summed E-state index contributed by atoms with van der Waals surface area (Å²) in [5.41, 5.74) is -1.20. The number of hydrogen-bond donors (Lipinski definition) is 4. The third-order valence-electron chi connectivity index (χ3n) is 8.71. The number of rotatable bonds is 7. The molecule has 1 aromatic rings. The third-order valence-corrected chi connectivity index (χ3v) is 8.71. The van der Waals surface area contributed by atoms with E-state index < -0.39 is 59.2 Å². The highest BCUT2D eigenvalue weighted by molar-refractivity contribution is 5.99. The molecule has 1 aliphatic carbocycles. The van der Waals surface area contributed by atoms with E-state index in [9.17, 15) is 28.8 Å². The Morgan fingerprint density at radius 2 is 1.78 bits per heavy atom. The van der Waals surface area contributed by atoms with Crippen molar-refractivity contribution in [3.63, 3.8) is 0 Å². The van der Waals surface area contributed by atoms with Crippen LogP contribution in [0.15, 0.2) is 42.5 Å². The Morgan fingerprint density at radius 3 is 2.47 bits per heavy atom. The molecular formula is C35H50N6O8. The summed E-state index contributed by atoms with van der Waals surface area (Å²) < 4.78 is 11.0. The smallest absolute Gasteiger partial charge is 0.409 e. The van der Waals surface area contributed by atoms with Gasteiger partial charge in [-0.2, -0.15) is 0 Å². The zero-order valence-corrected chi connectivity index (χ0v) is 29.1. The quantitative estimate of drug-likeness (QED) is 0.317. The number of fused-ring (bicyclic) bond motifs is 2. The van der Waals surface area contributed by atoms with Crippen LogP contribution in [0.5, 0.6) is 0 Å². The van der Waals surface area contributed by atoms with Crippen LogP contribution in [0.1, 0.15) is 71.3 Å². The van der Waals surface area contributed by atoms with Gasteiger partial charge in [-0.25, -0.2) is 9.59 Å². The number of carbonyl (C=O) groups is 6. The minimum Gasteiger partial charge on any atom is -0.444 e. The largest absolute Gasteiger partial charge is 0.444 e. The zero-order chi connectivity index (χ0) is 35.8. The molecule has 2 heterocycles. The summed E-state index contributed by atoms with van der Waals surface area (Å²) in [5.74, 6) is -2.31. The van der Waals surface area contributed by atoms with E-state index in [1.165, 1.54) is 23.9 Å². The van der Waals surface area contributed by atoms with Crippen LogP contribution in [-0.2, 0) is 35.2 Å². The Kier molecular flexibility index (Phi) is 12.3. The third kappa shape index (κ3) is 10.4. The highest BCUT2D eigenvalue weighted by Crippen LogP contribution is 2.45. The lowest BCUT2D eigenvalue weighted by atomic mass is 10.0. The summed E-state index contributed by atoms with van der Waals surface area (Å²) in [6.07, 6.45) is 5.30. The molecule has 4 N–H and O–H groups in total. The van der Waals surface area contributed by atoms with E-state index in [1.807, 2.05) is 42.5 Å². The molecule has 0 spiro atoms. The SMILES string of the molecule is CN(C)C(=O)O[C@@H]1C[C@H]2C(=O)N[C@]3(C(=O)NCC(=O)NCc4ccccc4)C[C@@H]3/C=C\CCCCC[C@H](NC(=O)OC(C)(C)C)C(=O)N2C1. The van der Waals surface area contributed by atoms with Gasteiger partial charge in [0, 0.05) is 33.0 Å². The summed E-state index contributed by atoms with van der Waals surface area (Å²) in [5, 5.41) is 11.1. The van der Waals surface area contributed by atoms with Gasteiger partial charge in [-0.3, -0.25) is 19.2 Å². The van der Waals surface area contributed by atoms with Gasteiger partial charge in [0.1, 0.15) is 29.3 Å². The molecule has 6 amide bonds. The number of benzene rings is 1. The van der Waals surface area contributed by atoms with Crippen LogP contribution in [0.2, 0.25) is 0 Å². The molecule has 3 aliphatic rings. The molecule has 49 heavy (non-hydrogen) atoms. The number of nitrogens with zero attached hydrogens (tertiary/aromatic N) is 2. The van der Waals surface area contributed by atoms with Gasteiger partial charge in [0.25, 0.3) is 0 Å². The predicted molar refractivity (Wildman–Crippen MR) is 180 cm³/mol. The summed E-state index contributed by atoms with van der Waals surface area (Å²) in [6, 6.07) is 7.29. The van der Waals surface area contributed by atoms with Crippen LogP contribution in [0, 0.1) is 5.92 Å². The van der Waals surface area contributed by atoms with E-state index in [2.05, 4.69) is 21.3 Å². The second kappa shape index (κ2) is 16.2. The van der Waals surface area contributed by atoms with Crippen LogP contribution in [0.3, 0.4) is 0 Å². The normalized spacial score (nSPS) is 26.3. The van der Waals surface area contributed by atoms with E-state index in [4.69, 9.17) is 9.47 Å². The highest BCUT2D eigenvalue weighted by atomic mass is 16.6. The van der Waals surface area contributed by atoms with Gasteiger partial charge in [-0.15, -0.1) is 0 Å². The highest BCUT2D eigenvalue weighted by Gasteiger charge is 2.61. The lowest BCUT2D eigenvalue weighted by Crippen LogP contribution is -2.58. The molecule has 0 unspecified atom stereocenters. The maximum atomic E-state index is 14.1. The first-order valence-corrected chi connectivity index (χ1v) is 16.9. The fraction of sp³-hybridized carbons (Fsp3) is 0.600. The average Bonchev–Trinajstić information content (AvgIpc) is 3.57. The zero-order valence-electron chi connectivity index (χ0n) is 29.1. The molecule has 0 bridgehead atoms. The lowest BCUT2D eigenvalue weighted by molar-refractivity contribution is -0.141. The molecule has 2 aliphatic heterocycles. The Bertz CT molecular complexity index is 1410. The first kappa shape index (κ1) is 37.2. The van der Waals surface area contributed by atoms with E-state index in [0.29, 0.717) is 25.8 Å². The molecule has 14 nitrogen and oxygen atoms in total. The van der Waals surface area contributed by atoms with Crippen LogP contribution in [0.4, 0.5) is 9.59 Å². The molecule has 1 aromatic carbocycles. The predicted octanol–water partition coefficient (Wildman–Crippen LogP) is 2.38. The second-order valence-corrected chi connectivity index (χ2v) is 14.1. The fourth-order valence-corrected chi connectivity index (χ4v) is 6.04. The Balaban J connectivity index is 1.53. The molecule has 1 saturated carbocycles. The van der Waals surface area contributed by atoms with Crippen molar-refractivity contribution in [2.45, 2.75) is 102 Å². The van der Waals surface area contributed by atoms with Gasteiger partial charge < -0.3 is 40.5 Å². The van der Waals surface area contributed by atoms with Gasteiger partial charge in [0.05, 0.1) is 13.1 Å². The van der Waals surface area contributed by atoms with Crippen LogP contribution >= 0.6 is 0 Å². The fourth-order valence-electron chi connectivity index (χ4n) is 6.04. The molecule has 1 saturated heterocycles. The lowest BCUT2D eigenvalue weighted by Gasteiger charge is -2.30. The van der Waals surface area contributed by atoms with Gasteiger partial charge in [0.2, 0.25) is 23.6 Å². The Hall–Kier alpha value is -4.62. The van der Waals surface area contributed by atoms with E-state index in [-0.39, 0.29) is 31.3 Å². The minimum absolute atomic E-state index is 0.00356. The molecule has 0 radical (unpaired) electrons. The number of nitrogens with one attached hydrogen (secondary N) is 4. The molecular weight excluding hydrogens is 632 g/mol. The monoisotopic (exact) mass is 682 g/mol. The van der Waals surface area contributed by atoms with E-state index in [0.717, 1.165) is 24.8 Å². The van der Waals surface area contributed by atoms with Crippen LogP contribution in [-0.4, -0.2) is 102 Å². The standard InChI is InChI=1S/C35H50N6O8/c1-34(2,3)49-32(46)38-26-17-13-8-6-7-12-16-24-19-35(24,31(45)37-21-28(42)36-20-23-14-10-9-11-15-23)39-29(43)27-18-25(22-41(27)30(26)44)48-33(47)40(4)5/h9-12,14-16,24-27H,6-8,13,17-22H2,1-5H3,(H,36,42)(H,37,45)(H,38,46)(H,39,43)/b16-12-/t24-,25+,26-,27-,35+/m0/s1. The van der Waals surface area contributed by atoms with E-state index in [1.54, 1.807) is 20.8 Å². The van der Waals surface area contributed by atoms with Crippen molar-refractivity contribution in [3.8, 4) is 0 Å². The molecule has 268 valence electrons. The van der Waals surface area contributed by atoms with Gasteiger partial charge in [-0.1, -0.05) is 55.3 Å². The number of alkyl carbamates (subject to hydrolysis) is 1. The molecule has 5 atom stereocenters. The maximum absolute atomic E-state index is 14.1. The topological polar surface area (TPSA) is 175 Å². The molecule has 14 heteroatoms. The van der Waals surface area contributed by atoms with Crippen molar-refractivity contribution >= 4 is 35.8 Å². The number of ether oxygens (including phenoxy) is 2. The number of carbonyl (C=O) groups excluding carboxylic acids is 6. The van der Waals surface area contributed by atoms with Gasteiger partial charge in [-0.05, 0) is 52.0 Å². The molecule has 4 rings (SSSR count). The van der Waals surface area contributed by atoms with Gasteiger partial charge >= 0.3 is 12.2 Å². The minimum atomic E-state index is -1.32. The maximum Gasteiger partial charge on any atom is 0.409 e. The van der Waals surface area contributed by atoms with Crippen molar-refractivity contribution in [2.75, 3.05) is 27.2 Å². The summed E-state index contributed by atoms with van der Waals surface area (Å²) in [4.78, 5) is 82.2. The van der Waals surface area contributed by atoms with Crippen molar-refractivity contribution in [1.82, 2.24) is 31.1 Å². The molecule has 2 fully saturated rings. The Labute approximate surface area is 287 Å². The van der Waals surface area contributed by atoms with Gasteiger partial charge in [0.15, 0.2) is 0 Å². The summed E-state index contributed by atoms with van der Waals surface area (Å²) in [7, 11) is 3.06. The molecule has 0 aromatic heterocycles. The second-order valence-electron chi connectivity index (χ2n) is 14.1. The first-order valence-electron chi connectivity index (χ1n) is 16.9. The Morgan fingerprint density at radius 1 is 1.04 bits per heavy atom. The van der Waals surface area contributed by atoms with Crippen molar-refractivity contribution in [3.05, 3.63) is 48.0 Å². The first-order chi connectivity index (χ1) is 23.2. The number of allylic oxidation sites excluding steroid dienone is 1. The van der Waals surface area contributed by atoms with E-state index >= 15 is 0 Å². The number of hydrogen-bond acceptors (Lipinski definition) is 8. The summed E-state index contributed by atoms with van der Waals surface area (Å²) >= 11 is 0.